The molecule has 0 amide bonds. The summed E-state index contributed by atoms with van der Waals surface area (Å²) < 4.78 is 43.2. The zero-order valence-corrected chi connectivity index (χ0v) is 14.0. The lowest BCUT2D eigenvalue weighted by Gasteiger charge is -2.22. The van der Waals surface area contributed by atoms with Crippen molar-refractivity contribution in [2.75, 3.05) is 18.9 Å². The molecule has 0 spiro atoms. The highest BCUT2D eigenvalue weighted by Crippen LogP contribution is 2.31. The van der Waals surface area contributed by atoms with Crippen molar-refractivity contribution in [3.8, 4) is 0 Å². The molecule has 3 rings (SSSR count). The monoisotopic (exact) mass is 345 g/mol. The van der Waals surface area contributed by atoms with Crippen LogP contribution >= 0.6 is 0 Å². The SMILES string of the molecule is Cc1noc([C@@H]2CC[C@H](CNS(=O)(=O)C[C@@H]3CCCCO3)O2)n1. The number of hydrogen-bond donors (Lipinski definition) is 1. The van der Waals surface area contributed by atoms with Crippen LogP contribution in [0.2, 0.25) is 0 Å². The van der Waals surface area contributed by atoms with Gasteiger partial charge in [0.1, 0.15) is 6.10 Å². The van der Waals surface area contributed by atoms with Gasteiger partial charge in [-0.15, -0.1) is 0 Å². The molecule has 0 aliphatic carbocycles. The Kier molecular flexibility index (Phi) is 5.30. The molecular formula is C14H23N3O5S. The molecule has 1 N–H and O–H groups in total. The Morgan fingerprint density at radius 2 is 2.09 bits per heavy atom. The van der Waals surface area contributed by atoms with Crippen LogP contribution in [0.4, 0.5) is 0 Å². The molecule has 2 saturated heterocycles. The fourth-order valence-corrected chi connectivity index (χ4v) is 4.25. The van der Waals surface area contributed by atoms with E-state index in [0.29, 0.717) is 18.3 Å². The lowest BCUT2D eigenvalue weighted by molar-refractivity contribution is 0.0271. The van der Waals surface area contributed by atoms with E-state index in [1.54, 1.807) is 6.92 Å². The van der Waals surface area contributed by atoms with Gasteiger partial charge in [0, 0.05) is 13.2 Å². The van der Waals surface area contributed by atoms with Crippen LogP contribution in [-0.4, -0.2) is 49.7 Å². The van der Waals surface area contributed by atoms with Gasteiger partial charge in [-0.25, -0.2) is 13.1 Å². The maximum Gasteiger partial charge on any atom is 0.255 e. The van der Waals surface area contributed by atoms with E-state index in [-0.39, 0.29) is 30.6 Å². The molecule has 3 atom stereocenters. The first-order valence-electron chi connectivity index (χ1n) is 8.06. The van der Waals surface area contributed by atoms with Gasteiger partial charge >= 0.3 is 0 Å². The van der Waals surface area contributed by atoms with Crippen molar-refractivity contribution in [1.82, 2.24) is 14.9 Å². The highest BCUT2D eigenvalue weighted by Gasteiger charge is 2.31. The average Bonchev–Trinajstić information content (AvgIpc) is 3.14. The molecule has 0 aromatic carbocycles. The summed E-state index contributed by atoms with van der Waals surface area (Å²) >= 11 is 0. The van der Waals surface area contributed by atoms with Crippen molar-refractivity contribution in [2.24, 2.45) is 0 Å². The number of sulfonamides is 1. The number of nitrogens with zero attached hydrogens (tertiary/aromatic N) is 2. The van der Waals surface area contributed by atoms with Crippen LogP contribution in [0.3, 0.4) is 0 Å². The molecule has 2 fully saturated rings. The molecule has 0 bridgehead atoms. The average molecular weight is 345 g/mol. The fraction of sp³-hybridized carbons (Fsp3) is 0.857. The predicted molar refractivity (Wildman–Crippen MR) is 81.3 cm³/mol. The molecule has 0 radical (unpaired) electrons. The number of aryl methyl sites for hydroxylation is 1. The molecule has 1 aromatic rings. The summed E-state index contributed by atoms with van der Waals surface area (Å²) in [5.74, 6) is 1.05. The lowest BCUT2D eigenvalue weighted by Crippen LogP contribution is -2.38. The summed E-state index contributed by atoms with van der Waals surface area (Å²) in [7, 11) is -3.35. The van der Waals surface area contributed by atoms with Crippen molar-refractivity contribution < 1.29 is 22.4 Å². The molecule has 3 heterocycles. The Morgan fingerprint density at radius 1 is 1.22 bits per heavy atom. The van der Waals surface area contributed by atoms with Gasteiger partial charge in [0.15, 0.2) is 5.82 Å². The van der Waals surface area contributed by atoms with Gasteiger partial charge in [0.2, 0.25) is 10.0 Å². The molecule has 8 nitrogen and oxygen atoms in total. The van der Waals surface area contributed by atoms with Gasteiger partial charge in [-0.3, -0.25) is 0 Å². The van der Waals surface area contributed by atoms with Gasteiger partial charge in [0.25, 0.3) is 5.89 Å². The van der Waals surface area contributed by atoms with Crippen molar-refractivity contribution in [2.45, 2.75) is 57.3 Å². The summed E-state index contributed by atoms with van der Waals surface area (Å²) in [5.41, 5.74) is 0. The molecule has 9 heteroatoms. The Balaban J connectivity index is 1.45. The third-order valence-corrected chi connectivity index (χ3v) is 5.55. The van der Waals surface area contributed by atoms with Crippen molar-refractivity contribution >= 4 is 10.0 Å². The second kappa shape index (κ2) is 7.25. The van der Waals surface area contributed by atoms with Crippen LogP contribution in [0, 0.1) is 6.92 Å². The third kappa shape index (κ3) is 4.72. The molecule has 1 aromatic heterocycles. The first-order valence-corrected chi connectivity index (χ1v) is 9.72. The summed E-state index contributed by atoms with van der Waals surface area (Å²) in [4.78, 5) is 4.16. The largest absolute Gasteiger partial charge is 0.377 e. The minimum Gasteiger partial charge on any atom is -0.377 e. The second-order valence-corrected chi connectivity index (χ2v) is 7.97. The van der Waals surface area contributed by atoms with Gasteiger partial charge in [-0.1, -0.05) is 5.16 Å². The maximum atomic E-state index is 12.1. The zero-order valence-electron chi connectivity index (χ0n) is 13.2. The normalized spacial score (nSPS) is 29.0. The van der Waals surface area contributed by atoms with Crippen molar-refractivity contribution in [3.63, 3.8) is 0 Å². The molecule has 0 unspecified atom stereocenters. The van der Waals surface area contributed by atoms with E-state index in [1.807, 2.05) is 0 Å². The molecule has 130 valence electrons. The fourth-order valence-electron chi connectivity index (χ4n) is 2.94. The van der Waals surface area contributed by atoms with Crippen molar-refractivity contribution in [1.29, 1.82) is 0 Å². The van der Waals surface area contributed by atoms with Crippen LogP contribution < -0.4 is 4.72 Å². The van der Waals surface area contributed by atoms with Gasteiger partial charge in [-0.2, -0.15) is 4.98 Å². The van der Waals surface area contributed by atoms with E-state index in [1.165, 1.54) is 0 Å². The Bertz CT molecular complexity index is 612. The summed E-state index contributed by atoms with van der Waals surface area (Å²) in [5, 5.41) is 3.74. The van der Waals surface area contributed by atoms with Gasteiger partial charge in [0.05, 0.1) is 18.0 Å². The maximum absolute atomic E-state index is 12.1. The number of ether oxygens (including phenoxy) is 2. The molecular weight excluding hydrogens is 322 g/mol. The minimum atomic E-state index is -3.35. The number of rotatable bonds is 6. The first kappa shape index (κ1) is 16.8. The van der Waals surface area contributed by atoms with Gasteiger partial charge < -0.3 is 14.0 Å². The highest BCUT2D eigenvalue weighted by atomic mass is 32.2. The molecule has 2 aliphatic heterocycles. The minimum absolute atomic E-state index is 0.0198. The van der Waals surface area contributed by atoms with Crippen LogP contribution in [0.1, 0.15) is 49.9 Å². The smallest absolute Gasteiger partial charge is 0.255 e. The summed E-state index contributed by atoms with van der Waals surface area (Å²) in [6.45, 7) is 2.66. The third-order valence-electron chi connectivity index (χ3n) is 4.14. The van der Waals surface area contributed by atoms with Crippen LogP contribution in [0.15, 0.2) is 4.52 Å². The quantitative estimate of drug-likeness (QED) is 0.823. The second-order valence-electron chi connectivity index (χ2n) is 6.12. The number of aromatic nitrogens is 2. The molecule has 2 aliphatic rings. The Morgan fingerprint density at radius 3 is 2.78 bits per heavy atom. The zero-order chi connectivity index (χ0) is 16.3. The summed E-state index contributed by atoms with van der Waals surface area (Å²) in [6.07, 6.45) is 3.74. The topological polar surface area (TPSA) is 104 Å². The van der Waals surface area contributed by atoms with E-state index in [2.05, 4.69) is 14.9 Å². The number of hydrogen-bond acceptors (Lipinski definition) is 7. The predicted octanol–water partition coefficient (Wildman–Crippen LogP) is 1.09. The van der Waals surface area contributed by atoms with E-state index in [9.17, 15) is 8.42 Å². The molecule has 0 saturated carbocycles. The first-order chi connectivity index (χ1) is 11.0. The van der Waals surface area contributed by atoms with Crippen LogP contribution in [0.25, 0.3) is 0 Å². The Labute approximate surface area is 136 Å². The van der Waals surface area contributed by atoms with E-state index in [4.69, 9.17) is 14.0 Å². The highest BCUT2D eigenvalue weighted by molar-refractivity contribution is 7.89. The van der Waals surface area contributed by atoms with Crippen LogP contribution in [0.5, 0.6) is 0 Å². The lowest BCUT2D eigenvalue weighted by atomic mass is 10.1. The van der Waals surface area contributed by atoms with Crippen LogP contribution in [-0.2, 0) is 19.5 Å². The van der Waals surface area contributed by atoms with E-state index >= 15 is 0 Å². The summed E-state index contributed by atoms with van der Waals surface area (Å²) in [6, 6.07) is 0. The number of nitrogens with one attached hydrogen (secondary N) is 1. The van der Waals surface area contributed by atoms with E-state index in [0.717, 1.165) is 32.1 Å². The standard InChI is InChI=1S/C14H23N3O5S/c1-10-16-14(22-17-10)13-6-5-11(21-13)8-15-23(18,19)9-12-4-2-3-7-20-12/h11-13,15H,2-9H2,1H3/t11-,12+,13+/m1/s1. The molecule has 23 heavy (non-hydrogen) atoms. The van der Waals surface area contributed by atoms with Crippen molar-refractivity contribution in [3.05, 3.63) is 11.7 Å². The Hall–Kier alpha value is -1.03. The van der Waals surface area contributed by atoms with E-state index < -0.39 is 10.0 Å². The van der Waals surface area contributed by atoms with Gasteiger partial charge in [-0.05, 0) is 39.0 Å².